The number of thiophene rings is 1. The molecule has 3 heterocycles. The zero-order chi connectivity index (χ0) is 31.2. The van der Waals surface area contributed by atoms with Gasteiger partial charge in [0.05, 0.1) is 33.5 Å². The SMILES string of the molecule is COCCN(Cc1ccc(-c2cc3nccc(Oc4ccc(NC(=O)NC5CC5)cc4F)c3s2)nc1)C(=O)C(N)[C@@H](C)OC. The van der Waals surface area contributed by atoms with Crippen LogP contribution in [-0.4, -0.2) is 72.4 Å². The number of nitrogens with zero attached hydrogens (tertiary/aromatic N) is 3. The van der Waals surface area contributed by atoms with Crippen molar-refractivity contribution in [2.24, 2.45) is 5.73 Å². The third-order valence-electron chi connectivity index (χ3n) is 7.19. The van der Waals surface area contributed by atoms with Gasteiger partial charge in [0.15, 0.2) is 11.6 Å². The molecule has 5 rings (SSSR count). The molecule has 3 aromatic heterocycles. The summed E-state index contributed by atoms with van der Waals surface area (Å²) >= 11 is 1.42. The quantitative estimate of drug-likeness (QED) is 0.191. The molecular formula is C31H35FN6O5S. The predicted octanol–water partition coefficient (Wildman–Crippen LogP) is 4.91. The molecule has 1 saturated carbocycles. The van der Waals surface area contributed by atoms with Crippen molar-refractivity contribution in [1.82, 2.24) is 20.2 Å². The van der Waals surface area contributed by atoms with Crippen LogP contribution < -0.4 is 21.1 Å². The standard InChI is InChI=1S/C31H35FN6O5S/c1-18(42-3)28(33)30(39)38(12-13-41-2)17-19-4-8-23(35-16-19)27-15-24-29(44-27)26(10-11-34-24)43-25-9-7-21(14-22(25)32)37-31(40)36-20-5-6-20/h4,7-11,14-16,18,20,28H,5-6,12-13,17,33H2,1-3H3,(H2,36,37,40)/t18-,28?/m1/s1. The van der Waals surface area contributed by atoms with Crippen molar-refractivity contribution in [3.63, 3.8) is 0 Å². The van der Waals surface area contributed by atoms with Crippen molar-refractivity contribution < 1.29 is 28.2 Å². The van der Waals surface area contributed by atoms with E-state index in [0.29, 0.717) is 42.3 Å². The molecule has 232 valence electrons. The molecule has 3 amide bonds. The molecule has 0 aliphatic heterocycles. The molecule has 0 radical (unpaired) electrons. The average Bonchev–Trinajstić information content (AvgIpc) is 3.73. The number of aromatic nitrogens is 2. The van der Waals surface area contributed by atoms with Crippen LogP contribution in [-0.2, 0) is 20.8 Å². The van der Waals surface area contributed by atoms with E-state index in [4.69, 9.17) is 19.9 Å². The first-order valence-electron chi connectivity index (χ1n) is 14.2. The van der Waals surface area contributed by atoms with E-state index in [1.807, 2.05) is 18.2 Å². The Morgan fingerprint density at radius 1 is 1.14 bits per heavy atom. The molecule has 11 nitrogen and oxygen atoms in total. The van der Waals surface area contributed by atoms with Crippen LogP contribution in [0.5, 0.6) is 11.5 Å². The van der Waals surface area contributed by atoms with Gasteiger partial charge in [0, 0.05) is 63.6 Å². The number of nitrogens with two attached hydrogens (primary N) is 1. The highest BCUT2D eigenvalue weighted by molar-refractivity contribution is 7.22. The number of rotatable bonds is 13. The van der Waals surface area contributed by atoms with Gasteiger partial charge in [-0.25, -0.2) is 9.18 Å². The molecule has 44 heavy (non-hydrogen) atoms. The Kier molecular flexibility index (Phi) is 10.0. The molecule has 0 spiro atoms. The van der Waals surface area contributed by atoms with Gasteiger partial charge in [0.1, 0.15) is 11.8 Å². The number of hydrogen-bond donors (Lipinski definition) is 3. The minimum atomic E-state index is -0.798. The van der Waals surface area contributed by atoms with Gasteiger partial charge >= 0.3 is 6.03 Å². The summed E-state index contributed by atoms with van der Waals surface area (Å²) in [4.78, 5) is 36.6. The van der Waals surface area contributed by atoms with Crippen molar-refractivity contribution in [2.75, 3.05) is 32.7 Å². The van der Waals surface area contributed by atoms with E-state index in [2.05, 4.69) is 20.6 Å². The van der Waals surface area contributed by atoms with Crippen LogP contribution in [0.3, 0.4) is 0 Å². The monoisotopic (exact) mass is 622 g/mol. The molecule has 2 atom stereocenters. The second kappa shape index (κ2) is 14.1. The average molecular weight is 623 g/mol. The highest BCUT2D eigenvalue weighted by Crippen LogP contribution is 2.39. The van der Waals surface area contributed by atoms with Gasteiger partial charge in [0.2, 0.25) is 5.91 Å². The topological polar surface area (TPSA) is 141 Å². The molecule has 1 unspecified atom stereocenters. The number of hydrogen-bond acceptors (Lipinski definition) is 9. The number of benzene rings is 1. The van der Waals surface area contributed by atoms with Crippen LogP contribution in [0.2, 0.25) is 0 Å². The van der Waals surface area contributed by atoms with E-state index in [-0.39, 0.29) is 23.7 Å². The predicted molar refractivity (Wildman–Crippen MR) is 166 cm³/mol. The van der Waals surface area contributed by atoms with Crippen molar-refractivity contribution in [1.29, 1.82) is 0 Å². The lowest BCUT2D eigenvalue weighted by Crippen LogP contribution is -2.50. The second-order valence-corrected chi connectivity index (χ2v) is 11.6. The number of carbonyl (C=O) groups excluding carboxylic acids is 2. The summed E-state index contributed by atoms with van der Waals surface area (Å²) in [5, 5.41) is 5.44. The van der Waals surface area contributed by atoms with E-state index in [1.54, 1.807) is 43.5 Å². The number of amides is 3. The van der Waals surface area contributed by atoms with Crippen LogP contribution in [0.15, 0.2) is 54.9 Å². The summed E-state index contributed by atoms with van der Waals surface area (Å²) in [7, 11) is 3.10. The summed E-state index contributed by atoms with van der Waals surface area (Å²) in [5.74, 6) is -0.368. The smallest absolute Gasteiger partial charge is 0.319 e. The van der Waals surface area contributed by atoms with Crippen molar-refractivity contribution in [3.8, 4) is 22.1 Å². The maximum Gasteiger partial charge on any atom is 0.319 e. The fourth-order valence-electron chi connectivity index (χ4n) is 4.39. The lowest BCUT2D eigenvalue weighted by Gasteiger charge is -2.27. The van der Waals surface area contributed by atoms with E-state index in [1.165, 1.54) is 30.6 Å². The van der Waals surface area contributed by atoms with E-state index < -0.39 is 18.0 Å². The summed E-state index contributed by atoms with van der Waals surface area (Å²) in [6, 6.07) is 10.7. The molecule has 0 bridgehead atoms. The van der Waals surface area contributed by atoms with Gasteiger partial charge in [-0.1, -0.05) is 6.07 Å². The molecule has 1 fully saturated rings. The Morgan fingerprint density at radius 2 is 1.95 bits per heavy atom. The summed E-state index contributed by atoms with van der Waals surface area (Å²) in [6.07, 6.45) is 4.81. The molecule has 1 aromatic carbocycles. The zero-order valence-corrected chi connectivity index (χ0v) is 25.5. The minimum Gasteiger partial charge on any atom is -0.453 e. The van der Waals surface area contributed by atoms with Crippen molar-refractivity contribution >= 4 is 39.2 Å². The van der Waals surface area contributed by atoms with Crippen molar-refractivity contribution in [2.45, 2.75) is 44.5 Å². The van der Waals surface area contributed by atoms with E-state index in [9.17, 15) is 14.0 Å². The van der Waals surface area contributed by atoms with Gasteiger partial charge in [0.25, 0.3) is 0 Å². The van der Waals surface area contributed by atoms with E-state index in [0.717, 1.165) is 28.0 Å². The molecule has 0 saturated heterocycles. The number of methoxy groups -OCH3 is 2. The number of fused-ring (bicyclic) bond motifs is 1. The third kappa shape index (κ3) is 7.66. The van der Waals surface area contributed by atoms with Gasteiger partial charge in [-0.2, -0.15) is 0 Å². The minimum absolute atomic E-state index is 0.0234. The van der Waals surface area contributed by atoms with Crippen LogP contribution >= 0.6 is 11.3 Å². The van der Waals surface area contributed by atoms with Crippen LogP contribution in [0.1, 0.15) is 25.3 Å². The number of carbonyl (C=O) groups is 2. The summed E-state index contributed by atoms with van der Waals surface area (Å²) < 4.78 is 32.0. The summed E-state index contributed by atoms with van der Waals surface area (Å²) in [5.41, 5.74) is 8.68. The highest BCUT2D eigenvalue weighted by Gasteiger charge is 2.26. The van der Waals surface area contributed by atoms with Crippen LogP contribution in [0, 0.1) is 5.82 Å². The van der Waals surface area contributed by atoms with Crippen LogP contribution in [0.4, 0.5) is 14.9 Å². The number of ether oxygens (including phenoxy) is 3. The molecule has 13 heteroatoms. The van der Waals surface area contributed by atoms with Crippen molar-refractivity contribution in [3.05, 3.63) is 66.2 Å². The van der Waals surface area contributed by atoms with Gasteiger partial charge in [-0.05, 0) is 49.6 Å². The largest absolute Gasteiger partial charge is 0.453 e. The highest BCUT2D eigenvalue weighted by atomic mass is 32.1. The van der Waals surface area contributed by atoms with Gasteiger partial charge in [-0.15, -0.1) is 11.3 Å². The van der Waals surface area contributed by atoms with E-state index >= 15 is 0 Å². The third-order valence-corrected chi connectivity index (χ3v) is 8.35. The number of anilines is 1. The Bertz CT molecular complexity index is 1610. The maximum atomic E-state index is 14.9. The Labute approximate surface area is 258 Å². The van der Waals surface area contributed by atoms with Gasteiger partial charge in [-0.3, -0.25) is 14.8 Å². The lowest BCUT2D eigenvalue weighted by atomic mass is 10.1. The Morgan fingerprint density at radius 3 is 2.64 bits per heavy atom. The Balaban J connectivity index is 1.29. The maximum absolute atomic E-state index is 14.9. The first-order chi connectivity index (χ1) is 21.2. The number of urea groups is 1. The molecular weight excluding hydrogens is 587 g/mol. The second-order valence-electron chi connectivity index (χ2n) is 10.5. The molecule has 4 N–H and O–H groups in total. The normalized spacial score (nSPS) is 14.2. The zero-order valence-electron chi connectivity index (χ0n) is 24.7. The Hall–Kier alpha value is -4.17. The number of halogens is 1. The van der Waals surface area contributed by atoms with Crippen LogP contribution in [0.25, 0.3) is 20.8 Å². The molecule has 4 aromatic rings. The fourth-order valence-corrected chi connectivity index (χ4v) is 5.43. The lowest BCUT2D eigenvalue weighted by molar-refractivity contribution is -0.136. The fraction of sp³-hybridized carbons (Fsp3) is 0.355. The molecule has 1 aliphatic rings. The first kappa shape index (κ1) is 31.3. The number of pyridine rings is 2. The van der Waals surface area contributed by atoms with Gasteiger partial charge < -0.3 is 35.5 Å². The summed E-state index contributed by atoms with van der Waals surface area (Å²) in [6.45, 7) is 2.82. The first-order valence-corrected chi connectivity index (χ1v) is 15.0. The number of nitrogens with one attached hydrogen (secondary N) is 2. The molecule has 1 aliphatic carbocycles.